The van der Waals surface area contributed by atoms with Crippen LogP contribution in [0.2, 0.25) is 0 Å². The Hall–Kier alpha value is -0.791. The van der Waals surface area contributed by atoms with Crippen LogP contribution >= 0.6 is 0 Å². The molecule has 10 heavy (non-hydrogen) atoms. The number of benzene rings is 1. The average Bonchev–Trinajstić information content (AvgIpc) is 2.33. The van der Waals surface area contributed by atoms with Crippen LogP contribution in [-0.4, -0.2) is 6.34 Å². The number of rotatable bonds is 0. The van der Waals surface area contributed by atoms with Gasteiger partial charge in [-0.1, -0.05) is 12.1 Å². The van der Waals surface area contributed by atoms with Gasteiger partial charge in [-0.2, -0.15) is 0 Å². The van der Waals surface area contributed by atoms with E-state index in [4.69, 9.17) is 0 Å². The predicted octanol–water partition coefficient (Wildman–Crippen LogP) is 1.59. The van der Waals surface area contributed by atoms with Crippen LogP contribution in [0.15, 0.2) is 29.3 Å². The molecule has 0 spiro atoms. The summed E-state index contributed by atoms with van der Waals surface area (Å²) in [5, 5.41) is 4.01. The summed E-state index contributed by atoms with van der Waals surface area (Å²) in [7, 11) is 0. The molecule has 2 rings (SSSR count). The Kier molecular flexibility index (Phi) is 2.09. The Bertz CT molecular complexity index is 258. The summed E-state index contributed by atoms with van der Waals surface area (Å²) in [6.07, 6.45) is 1.57. The molecule has 0 fully saturated rings. The minimum absolute atomic E-state index is 0. The van der Waals surface area contributed by atoms with Gasteiger partial charge < -0.3 is 0 Å². The van der Waals surface area contributed by atoms with Crippen molar-refractivity contribution in [1.82, 2.24) is 5.32 Å². The minimum atomic E-state index is 0. The summed E-state index contributed by atoms with van der Waals surface area (Å²) < 4.78 is 0. The van der Waals surface area contributed by atoms with Crippen molar-refractivity contribution in [3.05, 3.63) is 24.3 Å². The largest absolute Gasteiger partial charge is 0.235 e. The van der Waals surface area contributed by atoms with Gasteiger partial charge in [0.2, 0.25) is 0 Å². The van der Waals surface area contributed by atoms with E-state index in [1.807, 2.05) is 24.3 Å². The van der Waals surface area contributed by atoms with Gasteiger partial charge in [-0.3, -0.25) is 0 Å². The summed E-state index contributed by atoms with van der Waals surface area (Å²) in [6, 6.07) is 7.80. The molecule has 0 unspecified atom stereocenters. The van der Waals surface area contributed by atoms with Gasteiger partial charge in [-0.05, 0) is 12.1 Å². The van der Waals surface area contributed by atoms with E-state index in [9.17, 15) is 0 Å². The van der Waals surface area contributed by atoms with Crippen molar-refractivity contribution < 1.29 is 17.1 Å². The van der Waals surface area contributed by atoms with Crippen molar-refractivity contribution in [3.63, 3.8) is 0 Å². The zero-order valence-electron chi connectivity index (χ0n) is 5.13. The Balaban J connectivity index is 0.000000500. The number of fused-ring (bicyclic) bond motifs is 1. The molecular weight excluding hydrogens is 168 g/mol. The third-order valence-electron chi connectivity index (χ3n) is 1.28. The van der Waals surface area contributed by atoms with Gasteiger partial charge >= 0.3 is 0 Å². The molecule has 3 heteroatoms. The number of nitrogens with zero attached hydrogens (tertiary/aromatic N) is 2. The third kappa shape index (κ3) is 1.06. The molecule has 1 aromatic carbocycles. The van der Waals surface area contributed by atoms with Gasteiger partial charge in [-0.25, -0.2) is 10.3 Å². The number of aliphatic imine (C=N–C) groups is 1. The number of hydrogen-bond acceptors (Lipinski definition) is 1. The second-order valence-corrected chi connectivity index (χ2v) is 1.86. The zero-order chi connectivity index (χ0) is 6.10. The van der Waals surface area contributed by atoms with E-state index < -0.39 is 0 Å². The molecule has 0 N–H and O–H groups in total. The first kappa shape index (κ1) is 7.32. The van der Waals surface area contributed by atoms with Gasteiger partial charge in [0.05, 0.1) is 11.4 Å². The summed E-state index contributed by atoms with van der Waals surface area (Å²) in [4.78, 5) is 4.01. The molecule has 0 atom stereocenters. The Morgan fingerprint density at radius 2 is 1.70 bits per heavy atom. The summed E-state index contributed by atoms with van der Waals surface area (Å²) >= 11 is 0. The van der Waals surface area contributed by atoms with Crippen molar-refractivity contribution in [2.45, 2.75) is 0 Å². The van der Waals surface area contributed by atoms with Crippen LogP contribution in [0.1, 0.15) is 0 Å². The van der Waals surface area contributed by atoms with E-state index in [1.165, 1.54) is 0 Å². The van der Waals surface area contributed by atoms with Crippen LogP contribution in [0, 0.1) is 0 Å². The van der Waals surface area contributed by atoms with Crippen molar-refractivity contribution in [1.29, 1.82) is 0 Å². The van der Waals surface area contributed by atoms with Gasteiger partial charge in [-0.15, -0.1) is 0 Å². The smallest absolute Gasteiger partial charge is 0.116 e. The van der Waals surface area contributed by atoms with E-state index >= 15 is 0 Å². The standard InChI is InChI=1S/C7H5N2.Fe/c1-2-4-7-6(3-1)8-5-9-7;/h1-5H;. The van der Waals surface area contributed by atoms with E-state index in [-0.39, 0.29) is 17.1 Å². The second-order valence-electron chi connectivity index (χ2n) is 1.86. The van der Waals surface area contributed by atoms with Crippen LogP contribution in [-0.2, 0) is 17.1 Å². The van der Waals surface area contributed by atoms with E-state index in [0.29, 0.717) is 0 Å². The fourth-order valence-electron chi connectivity index (χ4n) is 0.836. The topological polar surface area (TPSA) is 26.5 Å². The Morgan fingerprint density at radius 1 is 1.00 bits per heavy atom. The molecule has 1 heterocycles. The van der Waals surface area contributed by atoms with E-state index in [1.54, 1.807) is 6.34 Å². The fraction of sp³-hybridized carbons (Fsp3) is 0. The van der Waals surface area contributed by atoms with Gasteiger partial charge in [0, 0.05) is 17.1 Å². The fourth-order valence-corrected chi connectivity index (χ4v) is 0.836. The van der Waals surface area contributed by atoms with Crippen LogP contribution in [0.25, 0.3) is 0 Å². The van der Waals surface area contributed by atoms with Crippen LogP contribution in [0.4, 0.5) is 11.4 Å². The Labute approximate surface area is 69.8 Å². The van der Waals surface area contributed by atoms with Gasteiger partial charge in [0.15, 0.2) is 0 Å². The molecule has 1 radical (unpaired) electrons. The summed E-state index contributed by atoms with van der Waals surface area (Å²) in [6.45, 7) is 0. The second kappa shape index (κ2) is 2.86. The third-order valence-corrected chi connectivity index (χ3v) is 1.28. The predicted molar refractivity (Wildman–Crippen MR) is 36.4 cm³/mol. The molecule has 0 saturated heterocycles. The molecule has 0 aliphatic carbocycles. The molecule has 1 aromatic rings. The minimum Gasteiger partial charge on any atom is -0.235 e. The molecular formula is C7H5FeN2. The normalized spacial score (nSPS) is 11.6. The molecule has 0 amide bonds. The number of para-hydroxylation sites is 2. The molecule has 0 aromatic heterocycles. The molecule has 0 bridgehead atoms. The SMILES string of the molecule is C1=Nc2ccccc2[N]1.[Fe]. The van der Waals surface area contributed by atoms with Gasteiger partial charge in [0.25, 0.3) is 0 Å². The van der Waals surface area contributed by atoms with Gasteiger partial charge in [0.1, 0.15) is 6.34 Å². The molecule has 51 valence electrons. The first-order valence-corrected chi connectivity index (χ1v) is 2.79. The molecule has 2 nitrogen and oxygen atoms in total. The molecule has 0 saturated carbocycles. The first-order valence-electron chi connectivity index (χ1n) is 2.79. The van der Waals surface area contributed by atoms with Crippen LogP contribution < -0.4 is 5.32 Å². The first-order chi connectivity index (χ1) is 4.47. The Morgan fingerprint density at radius 3 is 2.40 bits per heavy atom. The number of hydrogen-bond donors (Lipinski definition) is 0. The molecule has 1 aliphatic rings. The maximum Gasteiger partial charge on any atom is 0.116 e. The van der Waals surface area contributed by atoms with Crippen LogP contribution in [0.5, 0.6) is 0 Å². The van der Waals surface area contributed by atoms with Crippen molar-refractivity contribution in [2.24, 2.45) is 4.99 Å². The average molecular weight is 173 g/mol. The molecule has 1 aliphatic heterocycles. The van der Waals surface area contributed by atoms with E-state index in [0.717, 1.165) is 11.4 Å². The summed E-state index contributed by atoms with van der Waals surface area (Å²) in [5.41, 5.74) is 1.94. The van der Waals surface area contributed by atoms with Crippen molar-refractivity contribution in [2.75, 3.05) is 0 Å². The summed E-state index contributed by atoms with van der Waals surface area (Å²) in [5.74, 6) is 0. The van der Waals surface area contributed by atoms with E-state index in [2.05, 4.69) is 10.3 Å². The van der Waals surface area contributed by atoms with Crippen LogP contribution in [0.3, 0.4) is 0 Å². The maximum atomic E-state index is 4.01. The van der Waals surface area contributed by atoms with Crippen molar-refractivity contribution in [3.8, 4) is 0 Å². The monoisotopic (exact) mass is 173 g/mol. The maximum absolute atomic E-state index is 4.01. The zero-order valence-corrected chi connectivity index (χ0v) is 6.24. The van der Waals surface area contributed by atoms with Crippen molar-refractivity contribution >= 4 is 17.7 Å². The quantitative estimate of drug-likeness (QED) is 0.532.